The van der Waals surface area contributed by atoms with E-state index in [1.165, 1.54) is 12.1 Å². The second-order valence-corrected chi connectivity index (χ2v) is 6.26. The van der Waals surface area contributed by atoms with Gasteiger partial charge in [0.2, 0.25) is 5.91 Å². The number of carbonyl (C=O) groups is 1. The van der Waals surface area contributed by atoms with Crippen molar-refractivity contribution >= 4 is 35.8 Å². The standard InChI is InChI=1S/C18H27FN4O2.HI/c1-4-20-18(22-15-8-9-17(24)23(3)12-15)21-11-13(2)25-16-7-5-6-14(19)10-16;/h5-7,10,13,15H,4,8-9,11-12H2,1-3H3,(H2,20,21,22);1H. The predicted molar refractivity (Wildman–Crippen MR) is 112 cm³/mol. The first-order valence-corrected chi connectivity index (χ1v) is 8.69. The lowest BCUT2D eigenvalue weighted by Crippen LogP contribution is -2.51. The van der Waals surface area contributed by atoms with Crippen LogP contribution in [0, 0.1) is 5.82 Å². The molecule has 146 valence electrons. The Hall–Kier alpha value is -1.58. The molecule has 0 bridgehead atoms. The number of hydrogen-bond acceptors (Lipinski definition) is 3. The van der Waals surface area contributed by atoms with E-state index < -0.39 is 0 Å². The molecule has 1 aromatic rings. The molecule has 1 aliphatic rings. The summed E-state index contributed by atoms with van der Waals surface area (Å²) in [6.07, 6.45) is 1.16. The van der Waals surface area contributed by atoms with E-state index in [1.54, 1.807) is 17.0 Å². The van der Waals surface area contributed by atoms with Crippen molar-refractivity contribution in [1.82, 2.24) is 15.5 Å². The second kappa shape index (κ2) is 11.2. The van der Waals surface area contributed by atoms with Crippen molar-refractivity contribution in [3.8, 4) is 5.75 Å². The van der Waals surface area contributed by atoms with E-state index in [9.17, 15) is 9.18 Å². The average Bonchev–Trinajstić information content (AvgIpc) is 2.56. The quantitative estimate of drug-likeness (QED) is 0.375. The summed E-state index contributed by atoms with van der Waals surface area (Å²) in [5.74, 6) is 1.05. The van der Waals surface area contributed by atoms with E-state index >= 15 is 0 Å². The molecule has 1 fully saturated rings. The van der Waals surface area contributed by atoms with Crippen LogP contribution in [0.4, 0.5) is 4.39 Å². The number of likely N-dealkylation sites (N-methyl/N-ethyl adjacent to an activating group) is 1. The Kier molecular flexibility index (Phi) is 9.68. The van der Waals surface area contributed by atoms with Crippen molar-refractivity contribution in [3.05, 3.63) is 30.1 Å². The Morgan fingerprint density at radius 3 is 2.92 bits per heavy atom. The molecule has 8 heteroatoms. The van der Waals surface area contributed by atoms with E-state index in [0.29, 0.717) is 31.2 Å². The monoisotopic (exact) mass is 478 g/mol. The number of rotatable bonds is 6. The highest BCUT2D eigenvalue weighted by Crippen LogP contribution is 2.14. The molecule has 1 aromatic carbocycles. The summed E-state index contributed by atoms with van der Waals surface area (Å²) < 4.78 is 18.9. The van der Waals surface area contributed by atoms with Crippen LogP contribution in [0.2, 0.25) is 0 Å². The van der Waals surface area contributed by atoms with Gasteiger partial charge < -0.3 is 20.3 Å². The maximum atomic E-state index is 13.2. The SMILES string of the molecule is CCNC(=NCC(C)Oc1cccc(F)c1)NC1CCC(=O)N(C)C1.I. The first-order valence-electron chi connectivity index (χ1n) is 8.69. The topological polar surface area (TPSA) is 66.0 Å². The maximum Gasteiger partial charge on any atom is 0.222 e. The minimum Gasteiger partial charge on any atom is -0.489 e. The molecule has 2 unspecified atom stereocenters. The van der Waals surface area contributed by atoms with Crippen molar-refractivity contribution in [2.75, 3.05) is 26.7 Å². The minimum absolute atomic E-state index is 0. The summed E-state index contributed by atoms with van der Waals surface area (Å²) in [6.45, 7) is 5.74. The fraction of sp³-hybridized carbons (Fsp3) is 0.556. The van der Waals surface area contributed by atoms with E-state index in [2.05, 4.69) is 15.6 Å². The van der Waals surface area contributed by atoms with Crippen LogP contribution in [0.15, 0.2) is 29.3 Å². The number of benzene rings is 1. The summed E-state index contributed by atoms with van der Waals surface area (Å²) in [7, 11) is 1.81. The summed E-state index contributed by atoms with van der Waals surface area (Å²) in [5.41, 5.74) is 0. The number of aliphatic imine (C=N–C) groups is 1. The first kappa shape index (κ1) is 22.5. The molecule has 0 saturated carbocycles. The fourth-order valence-electron chi connectivity index (χ4n) is 2.67. The van der Waals surface area contributed by atoms with Crippen molar-refractivity contribution < 1.29 is 13.9 Å². The molecule has 1 saturated heterocycles. The number of hydrogen-bond donors (Lipinski definition) is 2. The molecule has 26 heavy (non-hydrogen) atoms. The van der Waals surface area contributed by atoms with Gasteiger partial charge in [0, 0.05) is 38.7 Å². The molecule has 2 rings (SSSR count). The van der Waals surface area contributed by atoms with Gasteiger partial charge in [0.15, 0.2) is 5.96 Å². The summed E-state index contributed by atoms with van der Waals surface area (Å²) in [4.78, 5) is 17.9. The van der Waals surface area contributed by atoms with Crippen molar-refractivity contribution in [1.29, 1.82) is 0 Å². The number of nitrogens with zero attached hydrogens (tertiary/aromatic N) is 2. The van der Waals surface area contributed by atoms with Gasteiger partial charge in [-0.3, -0.25) is 4.79 Å². The van der Waals surface area contributed by atoms with E-state index in [1.807, 2.05) is 20.9 Å². The smallest absolute Gasteiger partial charge is 0.222 e. The molecule has 1 heterocycles. The van der Waals surface area contributed by atoms with Gasteiger partial charge in [0.1, 0.15) is 17.7 Å². The molecule has 0 radical (unpaired) electrons. The van der Waals surface area contributed by atoms with Crippen LogP contribution in [0.5, 0.6) is 5.75 Å². The highest BCUT2D eigenvalue weighted by atomic mass is 127. The molecular weight excluding hydrogens is 450 g/mol. The maximum absolute atomic E-state index is 13.2. The van der Waals surface area contributed by atoms with Gasteiger partial charge in [-0.25, -0.2) is 9.38 Å². The van der Waals surface area contributed by atoms with Crippen molar-refractivity contribution in [3.63, 3.8) is 0 Å². The summed E-state index contributed by atoms with van der Waals surface area (Å²) >= 11 is 0. The van der Waals surface area contributed by atoms with E-state index in [0.717, 1.165) is 13.0 Å². The number of guanidine groups is 1. The predicted octanol–water partition coefficient (Wildman–Crippen LogP) is 2.39. The Labute approximate surface area is 171 Å². The van der Waals surface area contributed by atoms with Crippen LogP contribution >= 0.6 is 24.0 Å². The number of halogens is 2. The number of nitrogens with one attached hydrogen (secondary N) is 2. The normalized spacial score (nSPS) is 18.8. The lowest BCUT2D eigenvalue weighted by atomic mass is 10.1. The average molecular weight is 478 g/mol. The fourth-order valence-corrected chi connectivity index (χ4v) is 2.67. The van der Waals surface area contributed by atoms with Gasteiger partial charge in [0.25, 0.3) is 0 Å². The Morgan fingerprint density at radius 1 is 1.50 bits per heavy atom. The van der Waals surface area contributed by atoms with Gasteiger partial charge in [-0.2, -0.15) is 0 Å². The van der Waals surface area contributed by atoms with Gasteiger partial charge in [-0.05, 0) is 32.4 Å². The van der Waals surface area contributed by atoms with Crippen LogP contribution < -0.4 is 15.4 Å². The Bertz CT molecular complexity index is 615. The molecular formula is C18H28FIN4O2. The van der Waals surface area contributed by atoms with Crippen molar-refractivity contribution in [2.45, 2.75) is 38.8 Å². The number of carbonyl (C=O) groups excluding carboxylic acids is 1. The highest BCUT2D eigenvalue weighted by molar-refractivity contribution is 14.0. The summed E-state index contributed by atoms with van der Waals surface area (Å²) in [5, 5.41) is 6.57. The Balaban J connectivity index is 0.00000338. The first-order chi connectivity index (χ1) is 12.0. The number of likely N-dealkylation sites (tertiary alicyclic amines) is 1. The number of amides is 1. The van der Waals surface area contributed by atoms with Gasteiger partial charge in [-0.15, -0.1) is 24.0 Å². The third-order valence-corrected chi connectivity index (χ3v) is 3.95. The molecule has 0 aromatic heterocycles. The van der Waals surface area contributed by atoms with E-state index in [4.69, 9.17) is 4.74 Å². The molecule has 0 aliphatic carbocycles. The zero-order valence-electron chi connectivity index (χ0n) is 15.5. The number of ether oxygens (including phenoxy) is 1. The van der Waals surface area contributed by atoms with Gasteiger partial charge in [0.05, 0.1) is 6.54 Å². The lowest BCUT2D eigenvalue weighted by molar-refractivity contribution is -0.132. The van der Waals surface area contributed by atoms with Gasteiger partial charge >= 0.3 is 0 Å². The molecule has 1 aliphatic heterocycles. The molecule has 2 N–H and O–H groups in total. The van der Waals surface area contributed by atoms with Crippen LogP contribution in [0.3, 0.4) is 0 Å². The van der Waals surface area contributed by atoms with Crippen molar-refractivity contribution in [2.24, 2.45) is 4.99 Å². The molecule has 0 spiro atoms. The van der Waals surface area contributed by atoms with Gasteiger partial charge in [-0.1, -0.05) is 6.07 Å². The molecule has 1 amide bonds. The van der Waals surface area contributed by atoms with E-state index in [-0.39, 0.29) is 47.8 Å². The third-order valence-electron chi connectivity index (χ3n) is 3.95. The highest BCUT2D eigenvalue weighted by Gasteiger charge is 2.23. The zero-order chi connectivity index (χ0) is 18.2. The lowest BCUT2D eigenvalue weighted by Gasteiger charge is -2.31. The largest absolute Gasteiger partial charge is 0.489 e. The van der Waals surface area contributed by atoms with Crippen LogP contribution in [-0.2, 0) is 4.79 Å². The third kappa shape index (κ3) is 7.35. The van der Waals surface area contributed by atoms with Crippen LogP contribution in [0.25, 0.3) is 0 Å². The second-order valence-electron chi connectivity index (χ2n) is 6.26. The zero-order valence-corrected chi connectivity index (χ0v) is 17.8. The van der Waals surface area contributed by atoms with Crippen LogP contribution in [0.1, 0.15) is 26.7 Å². The summed E-state index contributed by atoms with van der Waals surface area (Å²) in [6, 6.07) is 6.27. The Morgan fingerprint density at radius 2 is 2.27 bits per heavy atom. The molecule has 6 nitrogen and oxygen atoms in total. The number of piperidine rings is 1. The van der Waals surface area contributed by atoms with Crippen LogP contribution in [-0.4, -0.2) is 55.6 Å². The molecule has 2 atom stereocenters. The minimum atomic E-state index is -0.320.